The van der Waals surface area contributed by atoms with Crippen molar-refractivity contribution < 1.29 is 13.3 Å². The first-order valence-corrected chi connectivity index (χ1v) is 7.21. The Hall–Kier alpha value is -1.83. The molecule has 0 aliphatic carbocycles. The predicted octanol–water partition coefficient (Wildman–Crippen LogP) is 0.776. The number of nitrogens with zero attached hydrogens (tertiary/aromatic N) is 1. The zero-order valence-corrected chi connectivity index (χ0v) is 10.3. The zero-order chi connectivity index (χ0) is 13.3. The Bertz CT molecular complexity index is 585. The first kappa shape index (κ1) is 12.6. The molecular weight excluding hydrogens is 258 g/mol. The van der Waals surface area contributed by atoms with Gasteiger partial charge in [-0.15, -0.1) is 0 Å². The molecule has 0 aromatic heterocycles. The fraction of sp³-hybridized carbons (Fsp3) is 0.400. The highest BCUT2D eigenvalue weighted by atomic mass is 32.2. The summed E-state index contributed by atoms with van der Waals surface area (Å²) in [7, 11) is -3.02. The van der Waals surface area contributed by atoms with E-state index in [1.54, 1.807) is 6.07 Å². The maximum atomic E-state index is 11.3. The largest absolute Gasteiger partial charge is 0.393 e. The lowest BCUT2D eigenvalue weighted by Gasteiger charge is -2.13. The van der Waals surface area contributed by atoms with Crippen molar-refractivity contribution in [3.63, 3.8) is 0 Å². The van der Waals surface area contributed by atoms with Crippen LogP contribution in [0.5, 0.6) is 0 Å². The Morgan fingerprint density at radius 2 is 2.17 bits per heavy atom. The molecule has 8 heteroatoms. The maximum Gasteiger partial charge on any atom is 0.314 e. The number of para-hydroxylation sites is 1. The van der Waals surface area contributed by atoms with E-state index in [0.717, 1.165) is 0 Å². The number of benzene rings is 1. The average Bonchev–Trinajstić information content (AvgIpc) is 2.57. The van der Waals surface area contributed by atoms with Crippen molar-refractivity contribution in [1.29, 1.82) is 0 Å². The second kappa shape index (κ2) is 4.45. The van der Waals surface area contributed by atoms with Gasteiger partial charge in [0, 0.05) is 6.04 Å². The van der Waals surface area contributed by atoms with E-state index >= 15 is 0 Å². The molecule has 0 radical (unpaired) electrons. The Morgan fingerprint density at radius 1 is 1.44 bits per heavy atom. The number of hydrogen-bond donors (Lipinski definition) is 2. The average molecular weight is 271 g/mol. The monoisotopic (exact) mass is 271 g/mol. The SMILES string of the molecule is Nc1cccc(NC2CCS(=O)(=O)C2)c1[N+](=O)[O-]. The van der Waals surface area contributed by atoms with E-state index < -0.39 is 14.8 Å². The van der Waals surface area contributed by atoms with Crippen molar-refractivity contribution in [2.45, 2.75) is 12.5 Å². The van der Waals surface area contributed by atoms with E-state index in [2.05, 4.69) is 5.32 Å². The molecule has 1 saturated heterocycles. The van der Waals surface area contributed by atoms with Crippen LogP contribution in [-0.4, -0.2) is 30.9 Å². The zero-order valence-electron chi connectivity index (χ0n) is 9.50. The van der Waals surface area contributed by atoms with Gasteiger partial charge in [-0.3, -0.25) is 10.1 Å². The van der Waals surface area contributed by atoms with Crippen LogP contribution in [0.3, 0.4) is 0 Å². The topological polar surface area (TPSA) is 115 Å². The number of nitrogen functional groups attached to an aromatic ring is 1. The Balaban J connectivity index is 2.25. The van der Waals surface area contributed by atoms with Gasteiger partial charge in [0.25, 0.3) is 0 Å². The highest BCUT2D eigenvalue weighted by Gasteiger charge is 2.29. The lowest BCUT2D eigenvalue weighted by molar-refractivity contribution is -0.383. The predicted molar refractivity (Wildman–Crippen MR) is 68.2 cm³/mol. The summed E-state index contributed by atoms with van der Waals surface area (Å²) >= 11 is 0. The summed E-state index contributed by atoms with van der Waals surface area (Å²) in [5.41, 5.74) is 5.67. The highest BCUT2D eigenvalue weighted by molar-refractivity contribution is 7.91. The van der Waals surface area contributed by atoms with Gasteiger partial charge >= 0.3 is 5.69 Å². The van der Waals surface area contributed by atoms with Gasteiger partial charge in [0.1, 0.15) is 11.4 Å². The molecule has 1 aliphatic heterocycles. The normalized spacial score (nSPS) is 21.7. The lowest BCUT2D eigenvalue weighted by Crippen LogP contribution is -2.21. The third kappa shape index (κ3) is 2.53. The van der Waals surface area contributed by atoms with Gasteiger partial charge in [0.2, 0.25) is 0 Å². The molecule has 18 heavy (non-hydrogen) atoms. The molecule has 0 spiro atoms. The second-order valence-electron chi connectivity index (χ2n) is 4.24. The molecule has 1 aromatic rings. The van der Waals surface area contributed by atoms with Crippen LogP contribution in [0.15, 0.2) is 18.2 Å². The van der Waals surface area contributed by atoms with Gasteiger partial charge < -0.3 is 11.1 Å². The molecule has 0 amide bonds. The summed E-state index contributed by atoms with van der Waals surface area (Å²) < 4.78 is 22.6. The maximum absolute atomic E-state index is 11.3. The van der Waals surface area contributed by atoms with Gasteiger partial charge in [-0.05, 0) is 18.6 Å². The van der Waals surface area contributed by atoms with E-state index in [-0.39, 0.29) is 34.6 Å². The molecule has 0 bridgehead atoms. The van der Waals surface area contributed by atoms with Gasteiger partial charge in [-0.2, -0.15) is 0 Å². The first-order chi connectivity index (χ1) is 8.39. The first-order valence-electron chi connectivity index (χ1n) is 5.39. The van der Waals surface area contributed by atoms with Gasteiger partial charge in [-0.1, -0.05) is 6.07 Å². The molecule has 3 N–H and O–H groups in total. The minimum absolute atomic E-state index is 0.00104. The second-order valence-corrected chi connectivity index (χ2v) is 6.47. The molecule has 1 heterocycles. The summed E-state index contributed by atoms with van der Waals surface area (Å²) in [6.45, 7) is 0. The minimum atomic E-state index is -3.02. The smallest absolute Gasteiger partial charge is 0.314 e. The van der Waals surface area contributed by atoms with Crippen LogP contribution in [-0.2, 0) is 9.84 Å². The Kier molecular flexibility index (Phi) is 3.12. The summed E-state index contributed by atoms with van der Waals surface area (Å²) in [5.74, 6) is 0.111. The van der Waals surface area contributed by atoms with E-state index in [9.17, 15) is 18.5 Å². The molecule has 1 unspecified atom stereocenters. The van der Waals surface area contributed by atoms with E-state index in [0.29, 0.717) is 6.42 Å². The van der Waals surface area contributed by atoms with Crippen LogP contribution in [0, 0.1) is 10.1 Å². The summed E-state index contributed by atoms with van der Waals surface area (Å²) in [5, 5.41) is 13.8. The molecule has 1 atom stereocenters. The summed E-state index contributed by atoms with van der Waals surface area (Å²) in [6.07, 6.45) is 0.453. The van der Waals surface area contributed by atoms with Gasteiger partial charge in [0.05, 0.1) is 16.4 Å². The van der Waals surface area contributed by atoms with E-state index in [4.69, 9.17) is 5.73 Å². The van der Waals surface area contributed by atoms with Crippen molar-refractivity contribution >= 4 is 26.9 Å². The summed E-state index contributed by atoms with van der Waals surface area (Å²) in [4.78, 5) is 10.3. The Morgan fingerprint density at radius 3 is 2.72 bits per heavy atom. The van der Waals surface area contributed by atoms with Gasteiger partial charge in [0.15, 0.2) is 9.84 Å². The number of nitro groups is 1. The Labute approximate surface area is 104 Å². The molecule has 0 saturated carbocycles. The van der Waals surface area contributed by atoms with Crippen LogP contribution in [0.1, 0.15) is 6.42 Å². The highest BCUT2D eigenvalue weighted by Crippen LogP contribution is 2.32. The number of nitro benzene ring substituents is 1. The van der Waals surface area contributed by atoms with E-state index in [1.807, 2.05) is 0 Å². The number of rotatable bonds is 3. The van der Waals surface area contributed by atoms with Crippen molar-refractivity contribution in [3.05, 3.63) is 28.3 Å². The number of sulfone groups is 1. The number of nitrogens with one attached hydrogen (secondary N) is 1. The van der Waals surface area contributed by atoms with E-state index in [1.165, 1.54) is 12.1 Å². The third-order valence-corrected chi connectivity index (χ3v) is 4.61. The molecular formula is C10H13N3O4S. The third-order valence-electron chi connectivity index (χ3n) is 2.84. The lowest BCUT2D eigenvalue weighted by atomic mass is 10.2. The standard InChI is InChI=1S/C10H13N3O4S/c11-8-2-1-3-9(10(8)13(14)15)12-7-4-5-18(16,17)6-7/h1-3,7,12H,4-6,11H2. The van der Waals surface area contributed by atoms with Crippen LogP contribution >= 0.6 is 0 Å². The fourth-order valence-electron chi connectivity index (χ4n) is 2.01. The van der Waals surface area contributed by atoms with Crippen LogP contribution in [0.4, 0.5) is 17.1 Å². The minimum Gasteiger partial charge on any atom is -0.393 e. The quantitative estimate of drug-likeness (QED) is 0.476. The van der Waals surface area contributed by atoms with Crippen LogP contribution in [0.2, 0.25) is 0 Å². The summed E-state index contributed by atoms with van der Waals surface area (Å²) in [6, 6.07) is 4.26. The van der Waals surface area contributed by atoms with Crippen LogP contribution < -0.4 is 11.1 Å². The van der Waals surface area contributed by atoms with Crippen molar-refractivity contribution in [2.24, 2.45) is 0 Å². The molecule has 7 nitrogen and oxygen atoms in total. The number of nitrogens with two attached hydrogens (primary N) is 1. The molecule has 1 aliphatic rings. The molecule has 1 fully saturated rings. The van der Waals surface area contributed by atoms with Crippen molar-refractivity contribution in [1.82, 2.24) is 0 Å². The van der Waals surface area contributed by atoms with Crippen LogP contribution in [0.25, 0.3) is 0 Å². The van der Waals surface area contributed by atoms with Crippen molar-refractivity contribution in [3.8, 4) is 0 Å². The number of hydrogen-bond acceptors (Lipinski definition) is 6. The van der Waals surface area contributed by atoms with Gasteiger partial charge in [-0.25, -0.2) is 8.42 Å². The fourth-order valence-corrected chi connectivity index (χ4v) is 3.68. The molecule has 1 aromatic carbocycles. The van der Waals surface area contributed by atoms with Crippen molar-refractivity contribution in [2.75, 3.05) is 22.6 Å². The molecule has 98 valence electrons. The number of anilines is 2. The molecule has 2 rings (SSSR count).